The van der Waals surface area contributed by atoms with Gasteiger partial charge in [0.15, 0.2) is 0 Å². The van der Waals surface area contributed by atoms with E-state index in [1.54, 1.807) is 0 Å². The van der Waals surface area contributed by atoms with Crippen LogP contribution in [0.3, 0.4) is 0 Å². The monoisotopic (exact) mass is 197 g/mol. The van der Waals surface area contributed by atoms with Crippen LogP contribution >= 0.6 is 0 Å². The van der Waals surface area contributed by atoms with Gasteiger partial charge in [0.25, 0.3) is 0 Å². The molecule has 1 heteroatoms. The van der Waals surface area contributed by atoms with Crippen molar-refractivity contribution in [3.8, 4) is 0 Å². The van der Waals surface area contributed by atoms with Gasteiger partial charge in [-0.3, -0.25) is 4.98 Å². The van der Waals surface area contributed by atoms with Crippen LogP contribution in [0.15, 0.2) is 36.5 Å². The molecule has 0 saturated heterocycles. The quantitative estimate of drug-likeness (QED) is 0.678. The molecule has 1 aliphatic rings. The van der Waals surface area contributed by atoms with Crippen LogP contribution < -0.4 is 0 Å². The summed E-state index contributed by atoms with van der Waals surface area (Å²) in [6, 6.07) is 10.9. The summed E-state index contributed by atoms with van der Waals surface area (Å²) < 4.78 is 0. The highest BCUT2D eigenvalue weighted by molar-refractivity contribution is 5.79. The molecule has 0 aliphatic heterocycles. The van der Waals surface area contributed by atoms with Crippen molar-refractivity contribution in [2.24, 2.45) is 5.92 Å². The molecule has 15 heavy (non-hydrogen) atoms. The Bertz CT molecular complexity index is 489. The maximum absolute atomic E-state index is 4.34. The lowest BCUT2D eigenvalue weighted by Gasteiger charge is -2.34. The summed E-state index contributed by atoms with van der Waals surface area (Å²) in [5.74, 6) is 1.65. The van der Waals surface area contributed by atoms with Crippen LogP contribution in [0.5, 0.6) is 0 Å². The molecule has 0 N–H and O–H groups in total. The highest BCUT2D eigenvalue weighted by atomic mass is 14.6. The lowest BCUT2D eigenvalue weighted by atomic mass is 9.71. The number of aromatic nitrogens is 1. The fraction of sp³-hybridized carbons (Fsp3) is 0.357. The van der Waals surface area contributed by atoms with E-state index in [-0.39, 0.29) is 0 Å². The number of nitrogens with zero attached hydrogens (tertiary/aromatic N) is 1. The first-order chi connectivity index (χ1) is 7.34. The Morgan fingerprint density at radius 1 is 1.20 bits per heavy atom. The van der Waals surface area contributed by atoms with Crippen molar-refractivity contribution in [2.45, 2.75) is 25.7 Å². The first-order valence-corrected chi connectivity index (χ1v) is 5.69. The van der Waals surface area contributed by atoms with Crippen LogP contribution in [-0.4, -0.2) is 4.98 Å². The second-order valence-corrected chi connectivity index (χ2v) is 4.62. The number of fused-ring (bicyclic) bond motifs is 1. The third-order valence-corrected chi connectivity index (χ3v) is 3.68. The van der Waals surface area contributed by atoms with Crippen LogP contribution in [0, 0.1) is 5.92 Å². The molecule has 1 aromatic heterocycles. The third kappa shape index (κ3) is 1.43. The van der Waals surface area contributed by atoms with Gasteiger partial charge < -0.3 is 0 Å². The molecule has 1 saturated carbocycles. The van der Waals surface area contributed by atoms with E-state index >= 15 is 0 Å². The van der Waals surface area contributed by atoms with Crippen molar-refractivity contribution in [1.82, 2.24) is 4.98 Å². The van der Waals surface area contributed by atoms with Crippen LogP contribution in [-0.2, 0) is 0 Å². The molecule has 1 unspecified atom stereocenters. The minimum atomic E-state index is 0.787. The molecule has 76 valence electrons. The topological polar surface area (TPSA) is 12.9 Å². The standard InChI is InChI=1S/C14H15N/c1-10-4-6-13(10)11-5-7-14-12(9-11)3-2-8-15-14/h2-3,5,7-10,13H,4,6H2,1H3/t10?,13-/m1/s1. The molecule has 0 radical (unpaired) electrons. The van der Waals surface area contributed by atoms with E-state index in [9.17, 15) is 0 Å². The van der Waals surface area contributed by atoms with Crippen molar-refractivity contribution in [1.29, 1.82) is 0 Å². The molecule has 0 spiro atoms. The summed E-state index contributed by atoms with van der Waals surface area (Å²) in [6.07, 6.45) is 4.59. The van der Waals surface area contributed by atoms with Gasteiger partial charge in [0.2, 0.25) is 0 Å². The smallest absolute Gasteiger partial charge is 0.0702 e. The molecular weight excluding hydrogens is 182 g/mol. The van der Waals surface area contributed by atoms with Crippen LogP contribution in [0.4, 0.5) is 0 Å². The molecule has 1 aromatic carbocycles. The minimum Gasteiger partial charge on any atom is -0.256 e. The van der Waals surface area contributed by atoms with Gasteiger partial charge in [-0.2, -0.15) is 0 Å². The van der Waals surface area contributed by atoms with Gasteiger partial charge in [-0.05, 0) is 48.4 Å². The van der Waals surface area contributed by atoms with Gasteiger partial charge >= 0.3 is 0 Å². The summed E-state index contributed by atoms with van der Waals surface area (Å²) >= 11 is 0. The Hall–Kier alpha value is -1.37. The fourth-order valence-electron chi connectivity index (χ4n) is 2.49. The summed E-state index contributed by atoms with van der Waals surface area (Å²) in [5.41, 5.74) is 2.60. The van der Waals surface area contributed by atoms with Crippen LogP contribution in [0.1, 0.15) is 31.2 Å². The van der Waals surface area contributed by atoms with Crippen LogP contribution in [0.25, 0.3) is 10.9 Å². The van der Waals surface area contributed by atoms with Crippen molar-refractivity contribution in [3.63, 3.8) is 0 Å². The number of hydrogen-bond donors (Lipinski definition) is 0. The Balaban J connectivity index is 2.06. The van der Waals surface area contributed by atoms with Gasteiger partial charge in [0.05, 0.1) is 5.52 Å². The van der Waals surface area contributed by atoms with E-state index in [4.69, 9.17) is 0 Å². The van der Waals surface area contributed by atoms with E-state index in [0.717, 1.165) is 17.4 Å². The molecule has 1 fully saturated rings. The normalized spacial score (nSPS) is 25.1. The summed E-state index contributed by atoms with van der Waals surface area (Å²) in [5, 5.41) is 1.27. The maximum Gasteiger partial charge on any atom is 0.0702 e. The van der Waals surface area contributed by atoms with E-state index in [1.807, 2.05) is 12.3 Å². The number of benzene rings is 1. The molecule has 2 aromatic rings. The lowest BCUT2D eigenvalue weighted by molar-refractivity contribution is 0.280. The van der Waals surface area contributed by atoms with Crippen LogP contribution in [0.2, 0.25) is 0 Å². The average molecular weight is 197 g/mol. The fourth-order valence-corrected chi connectivity index (χ4v) is 2.49. The van der Waals surface area contributed by atoms with E-state index in [2.05, 4.69) is 36.2 Å². The van der Waals surface area contributed by atoms with Gasteiger partial charge in [0.1, 0.15) is 0 Å². The predicted molar refractivity (Wildman–Crippen MR) is 62.9 cm³/mol. The molecule has 0 bridgehead atoms. The second-order valence-electron chi connectivity index (χ2n) is 4.62. The predicted octanol–water partition coefficient (Wildman–Crippen LogP) is 3.75. The zero-order chi connectivity index (χ0) is 10.3. The summed E-state index contributed by atoms with van der Waals surface area (Å²) in [6.45, 7) is 2.35. The Kier molecular flexibility index (Phi) is 1.98. The van der Waals surface area contributed by atoms with E-state index in [0.29, 0.717) is 0 Å². The second kappa shape index (κ2) is 3.34. The zero-order valence-electron chi connectivity index (χ0n) is 8.98. The van der Waals surface area contributed by atoms with E-state index in [1.165, 1.54) is 23.8 Å². The zero-order valence-corrected chi connectivity index (χ0v) is 8.98. The van der Waals surface area contributed by atoms with Gasteiger partial charge in [-0.25, -0.2) is 0 Å². The van der Waals surface area contributed by atoms with Gasteiger partial charge in [-0.1, -0.05) is 19.1 Å². The number of pyridine rings is 1. The molecule has 1 aliphatic carbocycles. The minimum absolute atomic E-state index is 0.787. The molecular formula is C14H15N. The van der Waals surface area contributed by atoms with E-state index < -0.39 is 0 Å². The highest BCUT2D eigenvalue weighted by Gasteiger charge is 2.27. The third-order valence-electron chi connectivity index (χ3n) is 3.68. The first kappa shape index (κ1) is 8.90. The van der Waals surface area contributed by atoms with Crippen molar-refractivity contribution < 1.29 is 0 Å². The molecule has 3 rings (SSSR count). The van der Waals surface area contributed by atoms with Gasteiger partial charge in [-0.15, -0.1) is 0 Å². The first-order valence-electron chi connectivity index (χ1n) is 5.69. The Morgan fingerprint density at radius 2 is 2.13 bits per heavy atom. The molecule has 2 atom stereocenters. The number of rotatable bonds is 1. The highest BCUT2D eigenvalue weighted by Crippen LogP contribution is 2.42. The Labute approximate surface area is 90.2 Å². The molecule has 0 amide bonds. The number of hydrogen-bond acceptors (Lipinski definition) is 1. The molecule has 1 nitrogen and oxygen atoms in total. The van der Waals surface area contributed by atoms with Crippen molar-refractivity contribution >= 4 is 10.9 Å². The Morgan fingerprint density at radius 3 is 2.87 bits per heavy atom. The average Bonchev–Trinajstić information content (AvgIpc) is 2.27. The molecule has 1 heterocycles. The maximum atomic E-state index is 4.34. The summed E-state index contributed by atoms with van der Waals surface area (Å²) in [4.78, 5) is 4.34. The largest absolute Gasteiger partial charge is 0.256 e. The van der Waals surface area contributed by atoms with Crippen molar-refractivity contribution in [2.75, 3.05) is 0 Å². The van der Waals surface area contributed by atoms with Gasteiger partial charge in [0, 0.05) is 11.6 Å². The van der Waals surface area contributed by atoms with Crippen molar-refractivity contribution in [3.05, 3.63) is 42.1 Å². The SMILES string of the molecule is CC1CC[C@H]1c1ccc2ncccc2c1. The summed E-state index contributed by atoms with van der Waals surface area (Å²) in [7, 11) is 0. The lowest BCUT2D eigenvalue weighted by Crippen LogP contribution is -2.20.